The third-order valence-corrected chi connectivity index (χ3v) is 21.7. The summed E-state index contributed by atoms with van der Waals surface area (Å²) in [7, 11) is -9.64. The second kappa shape index (κ2) is 77.0. The van der Waals surface area contributed by atoms with Crippen molar-refractivity contribution < 1.29 is 64.1 Å². The van der Waals surface area contributed by atoms with Crippen LogP contribution < -0.4 is 0 Å². The molecular formula is C92H154CaO14S2. The van der Waals surface area contributed by atoms with Crippen molar-refractivity contribution in [3.05, 3.63) is 107 Å². The first-order chi connectivity index (χ1) is 52.6. The fourth-order valence-corrected chi connectivity index (χ4v) is 14.1. The van der Waals surface area contributed by atoms with Gasteiger partial charge in [-0.15, -0.1) is 0 Å². The molecule has 0 N–H and O–H groups in total. The molecule has 2 aromatic rings. The number of carbonyl (C=O) groups excluding carboxylic acids is 4. The molecule has 0 saturated carbocycles. The minimum absolute atomic E-state index is 0. The Bertz CT molecular complexity index is 2670. The van der Waals surface area contributed by atoms with Crippen molar-refractivity contribution in [3.63, 3.8) is 0 Å². The van der Waals surface area contributed by atoms with E-state index >= 15 is 0 Å². The normalized spacial score (nSPS) is 11.8. The molecule has 0 spiro atoms. The number of benzene rings is 2. The number of hydrogen-bond acceptors (Lipinski definition) is 14. The van der Waals surface area contributed by atoms with Crippen LogP contribution in [-0.4, -0.2) is 114 Å². The summed E-state index contributed by atoms with van der Waals surface area (Å²) in [6, 6.07) is 6.25. The molecule has 17 heteroatoms. The molecule has 0 bridgehead atoms. The Morgan fingerprint density at radius 2 is 0.404 bits per heavy atom. The number of hydrogen-bond donors (Lipinski definition) is 0. The van der Waals surface area contributed by atoms with Gasteiger partial charge in [0.25, 0.3) is 0 Å². The first-order valence-electron chi connectivity index (χ1n) is 44.1. The van der Waals surface area contributed by atoms with Gasteiger partial charge >= 0.3 is 61.6 Å². The van der Waals surface area contributed by atoms with Gasteiger partial charge in [0.15, 0.2) is 0 Å². The van der Waals surface area contributed by atoms with Crippen LogP contribution in [0.15, 0.2) is 94.8 Å². The van der Waals surface area contributed by atoms with Crippen molar-refractivity contribution in [2.24, 2.45) is 0 Å². The van der Waals surface area contributed by atoms with Gasteiger partial charge in [-0.2, -0.15) is 0 Å². The monoisotopic (exact) mass is 1590 g/mol. The van der Waals surface area contributed by atoms with Crippen LogP contribution in [0.4, 0.5) is 0 Å². The molecule has 14 nitrogen and oxygen atoms in total. The summed E-state index contributed by atoms with van der Waals surface area (Å²) in [6.07, 6.45) is 90.0. The molecule has 2 rings (SSSR count). The van der Waals surface area contributed by atoms with Crippen LogP contribution in [0.5, 0.6) is 0 Å². The Balaban J connectivity index is 0.00000212. The van der Waals surface area contributed by atoms with E-state index in [1.807, 2.05) is 0 Å². The van der Waals surface area contributed by atoms with Gasteiger partial charge in [0.1, 0.15) is 20.2 Å². The summed E-state index contributed by atoms with van der Waals surface area (Å²) in [5.74, 6) is -3.12. The molecule has 0 aliphatic carbocycles. The molecule has 0 unspecified atom stereocenters. The topological polar surface area (TPSA) is 220 Å². The zero-order valence-corrected chi connectivity index (χ0v) is 73.4. The van der Waals surface area contributed by atoms with E-state index in [4.69, 9.17) is 18.9 Å². The van der Waals surface area contributed by atoms with Crippen LogP contribution >= 0.6 is 0 Å². The van der Waals surface area contributed by atoms with Crippen LogP contribution in [-0.2, 0) is 39.2 Å². The summed E-state index contributed by atoms with van der Waals surface area (Å²) >= 11 is 0. The van der Waals surface area contributed by atoms with Gasteiger partial charge in [0, 0.05) is 0 Å². The largest absolute Gasteiger partial charge is 2.00 e. The number of rotatable bonds is 74. The number of esters is 4. The molecule has 0 radical (unpaired) electrons. The standard InChI is InChI=1S/2C46H78O7S.Ca/c2*1-3-5-7-9-11-13-15-17-19-21-23-25-27-29-31-33-35-39-52-45(47)43-38-37-42(54(49,50)51)41-44(43)46(48)53-40-36-34-32-30-28-26-24-22-20-18-16-14-12-10-8-6-4-2;/h2*19-22,37-38,41H,3-18,23-36,39-40H2,1-2H3,(H,49,50,51);/q;;+2/p-2/b2*21-19+,22-20+;. The third kappa shape index (κ3) is 64.3. The second-order valence-electron chi connectivity index (χ2n) is 30.0. The average Bonchev–Trinajstić information content (AvgIpc) is 0.815. The molecule has 109 heavy (non-hydrogen) atoms. The minimum Gasteiger partial charge on any atom is -0.744 e. The van der Waals surface area contributed by atoms with Crippen LogP contribution in [0.3, 0.4) is 0 Å². The van der Waals surface area contributed by atoms with Crippen molar-refractivity contribution in [2.75, 3.05) is 26.4 Å². The maximum Gasteiger partial charge on any atom is 2.00 e. The maximum absolute atomic E-state index is 12.9. The molecular weight excluding hydrogens is 1430 g/mol. The van der Waals surface area contributed by atoms with Crippen LogP contribution in [0.25, 0.3) is 0 Å². The maximum atomic E-state index is 12.9. The molecule has 0 fully saturated rings. The SMILES string of the molecule is CCCCCCCCC/C=C/CCCCCCCCOC(=O)c1ccc(S(=O)(=O)[O-])cc1C(=O)OCCCCCCCC/C=C/CCCCCCCCC.CCCCCCCCC/C=C/CCCCCCCCOC(=O)c1ccc(S(=O)(=O)[O-])cc1C(=O)OCCCCCCCC/C=C/CCCCCCCCC.[Ca+2]. The molecule has 0 saturated heterocycles. The minimum atomic E-state index is -4.82. The van der Waals surface area contributed by atoms with E-state index in [1.54, 1.807) is 0 Å². The van der Waals surface area contributed by atoms with Gasteiger partial charge in [0.2, 0.25) is 0 Å². The number of unbranched alkanes of at least 4 members (excludes halogenated alkanes) is 52. The van der Waals surface area contributed by atoms with Crippen molar-refractivity contribution in [3.8, 4) is 0 Å². The second-order valence-corrected chi connectivity index (χ2v) is 32.8. The fourth-order valence-electron chi connectivity index (χ4n) is 13.1. The zero-order valence-electron chi connectivity index (χ0n) is 69.6. The van der Waals surface area contributed by atoms with Crippen LogP contribution in [0.1, 0.15) is 454 Å². The predicted molar refractivity (Wildman–Crippen MR) is 452 cm³/mol. The molecule has 2 aromatic carbocycles. The fraction of sp³-hybridized carbons (Fsp3) is 0.739. The summed E-state index contributed by atoms with van der Waals surface area (Å²) in [5.41, 5.74) is -0.699. The van der Waals surface area contributed by atoms with Gasteiger partial charge in [-0.05, 0) is 165 Å². The van der Waals surface area contributed by atoms with E-state index in [0.717, 1.165) is 139 Å². The van der Waals surface area contributed by atoms with Crippen LogP contribution in [0, 0.1) is 0 Å². The van der Waals surface area contributed by atoms with Gasteiger partial charge in [0.05, 0.1) is 58.5 Å². The van der Waals surface area contributed by atoms with E-state index < -0.39 is 53.9 Å². The number of allylic oxidation sites excluding steroid dienone is 8. The Kier molecular flexibility index (Phi) is 74.4. The van der Waals surface area contributed by atoms with E-state index in [1.165, 1.54) is 257 Å². The van der Waals surface area contributed by atoms with E-state index in [-0.39, 0.29) is 86.4 Å². The smallest absolute Gasteiger partial charge is 0.744 e. The molecule has 0 atom stereocenters. The summed E-state index contributed by atoms with van der Waals surface area (Å²) < 4.78 is 91.5. The van der Waals surface area contributed by atoms with Crippen molar-refractivity contribution in [2.45, 2.75) is 423 Å². The zero-order chi connectivity index (χ0) is 78.8. The summed E-state index contributed by atoms with van der Waals surface area (Å²) in [4.78, 5) is 50.4. The Hall–Kier alpha value is -3.64. The Morgan fingerprint density at radius 3 is 0.578 bits per heavy atom. The molecule has 620 valence electrons. The van der Waals surface area contributed by atoms with Crippen LogP contribution in [0.2, 0.25) is 0 Å². The van der Waals surface area contributed by atoms with Gasteiger partial charge < -0.3 is 28.1 Å². The molecule has 0 amide bonds. The molecule has 0 aliphatic heterocycles. The molecule has 0 aromatic heterocycles. The van der Waals surface area contributed by atoms with E-state index in [9.17, 15) is 45.1 Å². The third-order valence-electron chi connectivity index (χ3n) is 20.0. The molecule has 0 aliphatic rings. The van der Waals surface area contributed by atoms with E-state index in [0.29, 0.717) is 25.7 Å². The first kappa shape index (κ1) is 105. The Labute approximate surface area is 696 Å². The van der Waals surface area contributed by atoms with Gasteiger partial charge in [-0.1, -0.05) is 333 Å². The predicted octanol–water partition coefficient (Wildman–Crippen LogP) is 27.1. The van der Waals surface area contributed by atoms with Crippen molar-refractivity contribution in [1.29, 1.82) is 0 Å². The average molecular weight is 1590 g/mol. The van der Waals surface area contributed by atoms with Crippen molar-refractivity contribution >= 4 is 81.9 Å². The summed E-state index contributed by atoms with van der Waals surface area (Å²) in [5, 5.41) is 0. The number of ether oxygens (including phenoxy) is 4. The quantitative estimate of drug-likeness (QED) is 0.0150. The first-order valence-corrected chi connectivity index (χ1v) is 46.9. The Morgan fingerprint density at radius 1 is 0.248 bits per heavy atom. The van der Waals surface area contributed by atoms with Gasteiger partial charge in [-0.25, -0.2) is 36.0 Å². The molecule has 0 heterocycles. The van der Waals surface area contributed by atoms with Crippen molar-refractivity contribution in [1.82, 2.24) is 0 Å². The van der Waals surface area contributed by atoms with E-state index in [2.05, 4.69) is 76.3 Å². The summed E-state index contributed by atoms with van der Waals surface area (Å²) in [6.45, 7) is 9.72. The van der Waals surface area contributed by atoms with Gasteiger partial charge in [-0.3, -0.25) is 0 Å². The number of carbonyl (C=O) groups is 4.